The number of rotatable bonds is 3. The minimum Gasteiger partial charge on any atom is -0.465 e. The van der Waals surface area contributed by atoms with Crippen molar-refractivity contribution in [3.63, 3.8) is 0 Å². The minimum absolute atomic E-state index is 0.0893. The number of carbonyl (C=O) groups excluding carboxylic acids is 1. The maximum atomic E-state index is 13.7. The Labute approximate surface area is 111 Å². The number of ether oxygens (including phenoxy) is 1. The molecule has 0 aliphatic heterocycles. The third kappa shape index (κ3) is 2.59. The zero-order chi connectivity index (χ0) is 13.1. The van der Waals surface area contributed by atoms with E-state index in [2.05, 4.69) is 25.8 Å². The van der Waals surface area contributed by atoms with Crippen LogP contribution in [0.25, 0.3) is 0 Å². The second-order valence-corrected chi connectivity index (χ2v) is 4.47. The predicted octanol–water partition coefficient (Wildman–Crippen LogP) is 2.62. The lowest BCUT2D eigenvalue weighted by Crippen LogP contribution is -2.07. The van der Waals surface area contributed by atoms with Crippen LogP contribution in [0.2, 0.25) is 0 Å². The van der Waals surface area contributed by atoms with Crippen molar-refractivity contribution in [2.45, 2.75) is 6.54 Å². The van der Waals surface area contributed by atoms with Crippen molar-refractivity contribution in [1.82, 2.24) is 9.78 Å². The summed E-state index contributed by atoms with van der Waals surface area (Å²) in [6.07, 6.45) is 3.42. The molecule has 0 amide bonds. The average molecular weight is 313 g/mol. The standard InChI is InChI=1S/C12H10BrFN2O2/c1-18-12(17)9-6-10(13)8(5-11(9)14)7-16-4-2-3-15-16/h2-6H,7H2,1H3. The van der Waals surface area contributed by atoms with Gasteiger partial charge in [-0.25, -0.2) is 9.18 Å². The van der Waals surface area contributed by atoms with Gasteiger partial charge in [0.05, 0.1) is 19.2 Å². The van der Waals surface area contributed by atoms with Crippen LogP contribution in [0.5, 0.6) is 0 Å². The fourth-order valence-corrected chi connectivity index (χ4v) is 2.01. The molecule has 2 rings (SSSR count). The first-order chi connectivity index (χ1) is 8.61. The zero-order valence-electron chi connectivity index (χ0n) is 9.56. The van der Waals surface area contributed by atoms with E-state index in [-0.39, 0.29) is 5.56 Å². The summed E-state index contributed by atoms with van der Waals surface area (Å²) in [5.74, 6) is -1.30. The molecule has 1 heterocycles. The smallest absolute Gasteiger partial charge is 0.340 e. The highest BCUT2D eigenvalue weighted by Gasteiger charge is 2.15. The van der Waals surface area contributed by atoms with Gasteiger partial charge in [-0.15, -0.1) is 0 Å². The van der Waals surface area contributed by atoms with Crippen LogP contribution in [-0.4, -0.2) is 22.9 Å². The van der Waals surface area contributed by atoms with Gasteiger partial charge in [-0.3, -0.25) is 4.68 Å². The second kappa shape index (κ2) is 5.30. The van der Waals surface area contributed by atoms with E-state index >= 15 is 0 Å². The molecular formula is C12H10BrFN2O2. The number of methoxy groups -OCH3 is 1. The predicted molar refractivity (Wildman–Crippen MR) is 66.8 cm³/mol. The summed E-state index contributed by atoms with van der Waals surface area (Å²) in [5.41, 5.74) is 0.609. The lowest BCUT2D eigenvalue weighted by molar-refractivity contribution is 0.0595. The summed E-state index contributed by atoms with van der Waals surface area (Å²) >= 11 is 3.31. The van der Waals surface area contributed by atoms with Crippen molar-refractivity contribution in [3.05, 3.63) is 52.0 Å². The molecule has 94 valence electrons. The molecule has 0 aliphatic carbocycles. The quantitative estimate of drug-likeness (QED) is 0.818. The average Bonchev–Trinajstić information content (AvgIpc) is 2.85. The first-order valence-electron chi connectivity index (χ1n) is 5.15. The topological polar surface area (TPSA) is 44.1 Å². The number of halogens is 2. The molecule has 6 heteroatoms. The van der Waals surface area contributed by atoms with Crippen molar-refractivity contribution < 1.29 is 13.9 Å². The summed E-state index contributed by atoms with van der Waals surface area (Å²) in [7, 11) is 1.22. The lowest BCUT2D eigenvalue weighted by Gasteiger charge is -2.08. The van der Waals surface area contributed by atoms with Gasteiger partial charge >= 0.3 is 5.97 Å². The van der Waals surface area contributed by atoms with E-state index in [1.54, 1.807) is 23.1 Å². The highest BCUT2D eigenvalue weighted by molar-refractivity contribution is 9.10. The van der Waals surface area contributed by atoms with E-state index in [4.69, 9.17) is 0 Å². The summed E-state index contributed by atoms with van der Waals surface area (Å²) in [6.45, 7) is 0.423. The Morgan fingerprint density at radius 3 is 2.94 bits per heavy atom. The second-order valence-electron chi connectivity index (χ2n) is 3.62. The monoisotopic (exact) mass is 312 g/mol. The Hall–Kier alpha value is -1.69. The molecule has 0 N–H and O–H groups in total. The van der Waals surface area contributed by atoms with Gasteiger partial charge in [-0.1, -0.05) is 15.9 Å². The van der Waals surface area contributed by atoms with Gasteiger partial charge in [0.25, 0.3) is 0 Å². The molecule has 0 unspecified atom stereocenters. The van der Waals surface area contributed by atoms with Crippen LogP contribution in [0.15, 0.2) is 35.1 Å². The van der Waals surface area contributed by atoms with Crippen LogP contribution in [-0.2, 0) is 11.3 Å². The number of hydrogen-bond donors (Lipinski definition) is 0. The summed E-state index contributed by atoms with van der Waals surface area (Å²) < 4.78 is 20.5. The number of carbonyl (C=O) groups is 1. The molecule has 2 aromatic rings. The zero-order valence-corrected chi connectivity index (χ0v) is 11.1. The van der Waals surface area contributed by atoms with Crippen molar-refractivity contribution in [3.8, 4) is 0 Å². The van der Waals surface area contributed by atoms with Crippen molar-refractivity contribution in [2.75, 3.05) is 7.11 Å². The molecule has 0 spiro atoms. The largest absolute Gasteiger partial charge is 0.465 e. The van der Waals surface area contributed by atoms with Crippen molar-refractivity contribution in [1.29, 1.82) is 0 Å². The fourth-order valence-electron chi connectivity index (χ4n) is 1.54. The van der Waals surface area contributed by atoms with E-state index < -0.39 is 11.8 Å². The Balaban J connectivity index is 2.34. The van der Waals surface area contributed by atoms with Crippen molar-refractivity contribution in [2.24, 2.45) is 0 Å². The van der Waals surface area contributed by atoms with Crippen LogP contribution in [0.4, 0.5) is 4.39 Å². The Morgan fingerprint density at radius 1 is 1.56 bits per heavy atom. The molecule has 0 fully saturated rings. The molecule has 1 aromatic carbocycles. The van der Waals surface area contributed by atoms with E-state index in [0.717, 1.165) is 0 Å². The first kappa shape index (κ1) is 12.8. The lowest BCUT2D eigenvalue weighted by atomic mass is 10.1. The normalized spacial score (nSPS) is 10.4. The third-order valence-electron chi connectivity index (χ3n) is 2.43. The van der Waals surface area contributed by atoms with Gasteiger partial charge in [0.15, 0.2) is 0 Å². The number of nitrogens with zero attached hydrogens (tertiary/aromatic N) is 2. The van der Waals surface area contributed by atoms with Crippen LogP contribution < -0.4 is 0 Å². The molecule has 4 nitrogen and oxygen atoms in total. The van der Waals surface area contributed by atoms with Crippen LogP contribution in [0.1, 0.15) is 15.9 Å². The van der Waals surface area contributed by atoms with Gasteiger partial charge in [-0.05, 0) is 23.8 Å². The molecule has 0 saturated carbocycles. The highest BCUT2D eigenvalue weighted by atomic mass is 79.9. The van der Waals surface area contributed by atoms with E-state index in [9.17, 15) is 9.18 Å². The molecule has 0 saturated heterocycles. The summed E-state index contributed by atoms with van der Waals surface area (Å²) in [6, 6.07) is 4.51. The van der Waals surface area contributed by atoms with Crippen LogP contribution in [0.3, 0.4) is 0 Å². The summed E-state index contributed by atoms with van der Waals surface area (Å²) in [4.78, 5) is 11.3. The Morgan fingerprint density at radius 2 is 2.33 bits per heavy atom. The number of esters is 1. The Bertz CT molecular complexity index is 570. The van der Waals surface area contributed by atoms with Gasteiger partial charge in [0.1, 0.15) is 5.82 Å². The van der Waals surface area contributed by atoms with Gasteiger partial charge < -0.3 is 4.74 Å². The van der Waals surface area contributed by atoms with Crippen LogP contribution in [0, 0.1) is 5.82 Å². The van der Waals surface area contributed by atoms with Crippen LogP contribution >= 0.6 is 15.9 Å². The molecule has 0 bridgehead atoms. The molecule has 1 aromatic heterocycles. The van der Waals surface area contributed by atoms with E-state index in [1.165, 1.54) is 19.2 Å². The van der Waals surface area contributed by atoms with E-state index in [0.29, 0.717) is 16.6 Å². The summed E-state index contributed by atoms with van der Waals surface area (Å²) in [5, 5.41) is 4.04. The number of benzene rings is 1. The van der Waals surface area contributed by atoms with Gasteiger partial charge in [0, 0.05) is 16.9 Å². The SMILES string of the molecule is COC(=O)c1cc(Br)c(Cn2cccn2)cc1F. The molecule has 0 aliphatic rings. The molecule has 18 heavy (non-hydrogen) atoms. The fraction of sp³-hybridized carbons (Fsp3) is 0.167. The highest BCUT2D eigenvalue weighted by Crippen LogP contribution is 2.22. The Kier molecular flexibility index (Phi) is 3.76. The van der Waals surface area contributed by atoms with Gasteiger partial charge in [-0.2, -0.15) is 5.10 Å². The third-order valence-corrected chi connectivity index (χ3v) is 3.17. The maximum absolute atomic E-state index is 13.7. The minimum atomic E-state index is -0.696. The van der Waals surface area contributed by atoms with Gasteiger partial charge in [0.2, 0.25) is 0 Å². The molecule has 0 radical (unpaired) electrons. The number of hydrogen-bond acceptors (Lipinski definition) is 3. The number of aromatic nitrogens is 2. The maximum Gasteiger partial charge on any atom is 0.340 e. The first-order valence-corrected chi connectivity index (χ1v) is 5.95. The van der Waals surface area contributed by atoms with Crippen molar-refractivity contribution >= 4 is 21.9 Å². The molecule has 0 atom stereocenters. The molecular weight excluding hydrogens is 303 g/mol. The van der Waals surface area contributed by atoms with E-state index in [1.807, 2.05) is 0 Å².